The van der Waals surface area contributed by atoms with Crippen LogP contribution in [0.25, 0.3) is 0 Å². The number of aliphatic hydroxyl groups excluding tert-OH is 1. The van der Waals surface area contributed by atoms with Gasteiger partial charge in [0.2, 0.25) is 0 Å². The predicted molar refractivity (Wildman–Crippen MR) is 104 cm³/mol. The van der Waals surface area contributed by atoms with E-state index in [4.69, 9.17) is 4.42 Å². The van der Waals surface area contributed by atoms with Crippen molar-refractivity contribution in [2.75, 3.05) is 32.8 Å². The predicted octanol–water partition coefficient (Wildman–Crippen LogP) is 2.42. The molecule has 2 aromatic rings. The SMILES string of the molecule is Cc1ncc(CN2CCC3(CC2)CCN(Cc2ccoc2)CC3CO)n1C. The zero-order chi connectivity index (χ0) is 18.9. The summed E-state index contributed by atoms with van der Waals surface area (Å²) in [5, 5.41) is 10.1. The summed E-state index contributed by atoms with van der Waals surface area (Å²) < 4.78 is 7.39. The molecule has 0 saturated carbocycles. The van der Waals surface area contributed by atoms with Crippen LogP contribution in [-0.4, -0.2) is 57.2 Å². The standard InChI is InChI=1S/C21H32N4O2/c1-17-22-11-20(23(17)2)14-24-7-4-21(5-8-24)6-9-25(13-19(21)15-26)12-18-3-10-27-16-18/h3,10-11,16,19,26H,4-9,12-15H2,1-2H3. The molecule has 0 amide bonds. The molecule has 1 unspecified atom stereocenters. The molecular formula is C21H32N4O2. The van der Waals surface area contributed by atoms with Crippen LogP contribution in [0, 0.1) is 18.3 Å². The quantitative estimate of drug-likeness (QED) is 0.874. The zero-order valence-corrected chi connectivity index (χ0v) is 16.6. The van der Waals surface area contributed by atoms with Gasteiger partial charge >= 0.3 is 0 Å². The molecule has 27 heavy (non-hydrogen) atoms. The third-order valence-electron chi connectivity index (χ3n) is 7.03. The Morgan fingerprint density at radius 3 is 2.52 bits per heavy atom. The number of likely N-dealkylation sites (tertiary alicyclic amines) is 2. The van der Waals surface area contributed by atoms with Crippen LogP contribution < -0.4 is 0 Å². The van der Waals surface area contributed by atoms with Gasteiger partial charge in [-0.25, -0.2) is 4.98 Å². The van der Waals surface area contributed by atoms with Crippen LogP contribution in [0.15, 0.2) is 29.2 Å². The molecule has 2 aliphatic heterocycles. The number of aryl methyl sites for hydroxylation is 1. The second kappa shape index (κ2) is 7.78. The Morgan fingerprint density at radius 2 is 1.93 bits per heavy atom. The minimum Gasteiger partial charge on any atom is -0.472 e. The third-order valence-corrected chi connectivity index (χ3v) is 7.03. The first-order chi connectivity index (χ1) is 13.1. The Balaban J connectivity index is 1.34. The number of rotatable bonds is 5. The first-order valence-corrected chi connectivity index (χ1v) is 10.1. The summed E-state index contributed by atoms with van der Waals surface area (Å²) >= 11 is 0. The summed E-state index contributed by atoms with van der Waals surface area (Å²) in [6, 6.07) is 2.04. The van der Waals surface area contributed by atoms with Gasteiger partial charge in [0.15, 0.2) is 0 Å². The smallest absolute Gasteiger partial charge is 0.105 e. The Kier molecular flexibility index (Phi) is 5.39. The van der Waals surface area contributed by atoms with Crippen LogP contribution in [0.4, 0.5) is 0 Å². The van der Waals surface area contributed by atoms with E-state index >= 15 is 0 Å². The zero-order valence-electron chi connectivity index (χ0n) is 16.6. The fourth-order valence-corrected chi connectivity index (χ4v) is 4.96. The molecule has 0 radical (unpaired) electrons. The molecular weight excluding hydrogens is 340 g/mol. The highest BCUT2D eigenvalue weighted by Gasteiger charge is 2.44. The van der Waals surface area contributed by atoms with Crippen molar-refractivity contribution < 1.29 is 9.52 Å². The molecule has 6 heteroatoms. The number of aromatic nitrogens is 2. The van der Waals surface area contributed by atoms with Crippen molar-refractivity contribution in [2.45, 2.75) is 39.3 Å². The van der Waals surface area contributed by atoms with E-state index in [9.17, 15) is 5.11 Å². The van der Waals surface area contributed by atoms with Crippen LogP contribution in [-0.2, 0) is 20.1 Å². The number of piperidine rings is 2. The van der Waals surface area contributed by atoms with E-state index in [1.54, 1.807) is 6.26 Å². The fraction of sp³-hybridized carbons (Fsp3) is 0.667. The molecule has 2 fully saturated rings. The molecule has 148 valence electrons. The molecule has 0 aliphatic carbocycles. The van der Waals surface area contributed by atoms with Crippen LogP contribution in [0.2, 0.25) is 0 Å². The molecule has 4 rings (SSSR count). The van der Waals surface area contributed by atoms with Gasteiger partial charge in [-0.05, 0) is 57.3 Å². The maximum atomic E-state index is 10.1. The van der Waals surface area contributed by atoms with Gasteiger partial charge in [0, 0.05) is 51.0 Å². The van der Waals surface area contributed by atoms with Gasteiger partial charge < -0.3 is 14.1 Å². The van der Waals surface area contributed by atoms with E-state index in [1.807, 2.05) is 18.5 Å². The summed E-state index contributed by atoms with van der Waals surface area (Å²) in [5.41, 5.74) is 2.82. The molecule has 0 aromatic carbocycles. The molecule has 1 spiro atoms. The topological polar surface area (TPSA) is 57.7 Å². The van der Waals surface area contributed by atoms with Gasteiger partial charge in [0.25, 0.3) is 0 Å². The first-order valence-electron chi connectivity index (χ1n) is 10.1. The normalized spacial score (nSPS) is 23.9. The number of nitrogens with zero attached hydrogens (tertiary/aromatic N) is 4. The average Bonchev–Trinajstić information content (AvgIpc) is 3.30. The fourth-order valence-electron chi connectivity index (χ4n) is 4.96. The van der Waals surface area contributed by atoms with Crippen molar-refractivity contribution in [3.8, 4) is 0 Å². The van der Waals surface area contributed by atoms with Crippen LogP contribution >= 0.6 is 0 Å². The number of imidazole rings is 1. The lowest BCUT2D eigenvalue weighted by Gasteiger charge is -2.51. The van der Waals surface area contributed by atoms with Crippen molar-refractivity contribution in [1.82, 2.24) is 19.4 Å². The lowest BCUT2D eigenvalue weighted by atomic mass is 9.64. The summed E-state index contributed by atoms with van der Waals surface area (Å²) in [5.74, 6) is 1.45. The molecule has 2 saturated heterocycles. The number of aliphatic hydroxyl groups is 1. The Morgan fingerprint density at radius 1 is 1.19 bits per heavy atom. The largest absolute Gasteiger partial charge is 0.472 e. The Bertz CT molecular complexity index is 731. The van der Waals surface area contributed by atoms with Crippen molar-refractivity contribution >= 4 is 0 Å². The van der Waals surface area contributed by atoms with Crippen LogP contribution in [0.3, 0.4) is 0 Å². The van der Waals surface area contributed by atoms with Gasteiger partial charge in [-0.2, -0.15) is 0 Å². The van der Waals surface area contributed by atoms with E-state index in [0.717, 1.165) is 45.1 Å². The number of hydrogen-bond acceptors (Lipinski definition) is 5. The summed E-state index contributed by atoms with van der Waals surface area (Å²) in [6.07, 6.45) is 9.14. The van der Waals surface area contributed by atoms with E-state index in [1.165, 1.54) is 30.5 Å². The van der Waals surface area contributed by atoms with E-state index < -0.39 is 0 Å². The molecule has 6 nitrogen and oxygen atoms in total. The summed E-state index contributed by atoms with van der Waals surface area (Å²) in [7, 11) is 2.10. The lowest BCUT2D eigenvalue weighted by Crippen LogP contribution is -2.53. The van der Waals surface area contributed by atoms with Crippen molar-refractivity contribution in [3.05, 3.63) is 41.9 Å². The van der Waals surface area contributed by atoms with Crippen LogP contribution in [0.5, 0.6) is 0 Å². The first kappa shape index (κ1) is 18.7. The second-order valence-electron chi connectivity index (χ2n) is 8.49. The van der Waals surface area contributed by atoms with Gasteiger partial charge in [0.05, 0.1) is 18.2 Å². The number of hydrogen-bond donors (Lipinski definition) is 1. The minimum absolute atomic E-state index is 0.294. The molecule has 1 N–H and O–H groups in total. The number of furan rings is 1. The highest BCUT2D eigenvalue weighted by molar-refractivity contribution is 5.07. The third kappa shape index (κ3) is 3.84. The van der Waals surface area contributed by atoms with Crippen LogP contribution in [0.1, 0.15) is 36.3 Å². The van der Waals surface area contributed by atoms with Crippen molar-refractivity contribution in [3.63, 3.8) is 0 Å². The lowest BCUT2D eigenvalue weighted by molar-refractivity contribution is -0.0452. The monoisotopic (exact) mass is 372 g/mol. The highest BCUT2D eigenvalue weighted by Crippen LogP contribution is 2.45. The van der Waals surface area contributed by atoms with E-state index in [0.29, 0.717) is 17.9 Å². The molecule has 2 aromatic heterocycles. The Labute approximate surface area is 161 Å². The average molecular weight is 373 g/mol. The van der Waals surface area contributed by atoms with Crippen molar-refractivity contribution in [1.29, 1.82) is 0 Å². The van der Waals surface area contributed by atoms with Crippen molar-refractivity contribution in [2.24, 2.45) is 18.4 Å². The molecule has 0 bridgehead atoms. The molecule has 1 atom stereocenters. The maximum Gasteiger partial charge on any atom is 0.105 e. The summed E-state index contributed by atoms with van der Waals surface area (Å²) in [6.45, 7) is 8.58. The minimum atomic E-state index is 0.294. The second-order valence-corrected chi connectivity index (χ2v) is 8.49. The molecule has 4 heterocycles. The Hall–Kier alpha value is -1.63. The van der Waals surface area contributed by atoms with E-state index in [2.05, 4.69) is 33.3 Å². The van der Waals surface area contributed by atoms with Gasteiger partial charge in [-0.3, -0.25) is 9.80 Å². The molecule has 2 aliphatic rings. The van der Waals surface area contributed by atoms with Gasteiger partial charge in [-0.1, -0.05) is 0 Å². The maximum absolute atomic E-state index is 10.1. The summed E-state index contributed by atoms with van der Waals surface area (Å²) in [4.78, 5) is 9.44. The van der Waals surface area contributed by atoms with Gasteiger partial charge in [-0.15, -0.1) is 0 Å². The van der Waals surface area contributed by atoms with E-state index in [-0.39, 0.29) is 0 Å². The highest BCUT2D eigenvalue weighted by atomic mass is 16.3. The van der Waals surface area contributed by atoms with Gasteiger partial charge in [0.1, 0.15) is 5.82 Å².